The van der Waals surface area contributed by atoms with E-state index in [1.165, 1.54) is 11.1 Å². The monoisotopic (exact) mass is 350 g/mol. The molecule has 1 heterocycles. The van der Waals surface area contributed by atoms with E-state index in [2.05, 4.69) is 41.5 Å². The Bertz CT molecular complexity index is 867. The van der Waals surface area contributed by atoms with Gasteiger partial charge in [-0.3, -0.25) is 4.79 Å². The number of methoxy groups -OCH3 is 2. The molecule has 0 spiro atoms. The average Bonchev–Trinajstić information content (AvgIpc) is 3.00. The Morgan fingerprint density at radius 1 is 1.04 bits per heavy atom. The number of carbonyl (C=O) groups is 1. The van der Waals surface area contributed by atoms with Gasteiger partial charge in [-0.1, -0.05) is 29.8 Å². The van der Waals surface area contributed by atoms with Crippen LogP contribution in [0.4, 0.5) is 0 Å². The summed E-state index contributed by atoms with van der Waals surface area (Å²) in [5, 5.41) is 2.84. The number of ether oxygens (including phenoxy) is 2. The number of amidine groups is 1. The van der Waals surface area contributed by atoms with Crippen molar-refractivity contribution in [2.24, 2.45) is 4.99 Å². The van der Waals surface area contributed by atoms with E-state index in [0.29, 0.717) is 29.5 Å². The molecule has 5 nitrogen and oxygen atoms in total. The number of rotatable bonds is 6. The van der Waals surface area contributed by atoms with Crippen molar-refractivity contribution in [2.45, 2.75) is 19.8 Å². The van der Waals surface area contributed by atoms with Gasteiger partial charge in [0.05, 0.1) is 14.2 Å². The Morgan fingerprint density at radius 2 is 1.81 bits per heavy atom. The van der Waals surface area contributed by atoms with Gasteiger partial charge >= 0.3 is 0 Å². The molecule has 5 heteroatoms. The van der Waals surface area contributed by atoms with E-state index in [1.807, 2.05) is 12.1 Å². The smallest absolute Gasteiger partial charge is 0.275 e. The van der Waals surface area contributed by atoms with Crippen molar-refractivity contribution in [1.82, 2.24) is 5.32 Å². The van der Waals surface area contributed by atoms with Crippen molar-refractivity contribution in [3.8, 4) is 11.5 Å². The van der Waals surface area contributed by atoms with Crippen LogP contribution in [0.1, 0.15) is 23.1 Å². The average molecular weight is 350 g/mol. The molecule has 134 valence electrons. The molecular formula is C21H22N2O3. The molecule has 0 saturated carbocycles. The summed E-state index contributed by atoms with van der Waals surface area (Å²) in [5.41, 5.74) is 3.58. The molecule has 0 radical (unpaired) electrons. The number of nitrogens with zero attached hydrogens (tertiary/aromatic N) is 1. The molecule has 0 atom stereocenters. The topological polar surface area (TPSA) is 59.9 Å². The first-order valence-corrected chi connectivity index (χ1v) is 8.47. The third kappa shape index (κ3) is 4.11. The highest BCUT2D eigenvalue weighted by Gasteiger charge is 2.20. The normalized spacial score (nSPS) is 15.0. The molecule has 1 aliphatic heterocycles. The highest BCUT2D eigenvalue weighted by Crippen LogP contribution is 2.27. The third-order valence-corrected chi connectivity index (χ3v) is 4.25. The maximum absolute atomic E-state index is 12.2. The van der Waals surface area contributed by atoms with E-state index in [1.54, 1.807) is 26.4 Å². The largest absolute Gasteiger partial charge is 0.497 e. The fourth-order valence-electron chi connectivity index (χ4n) is 2.75. The molecule has 3 rings (SSSR count). The molecule has 0 saturated heterocycles. The van der Waals surface area contributed by atoms with Crippen LogP contribution < -0.4 is 14.8 Å². The van der Waals surface area contributed by atoms with E-state index in [0.717, 1.165) is 12.0 Å². The number of benzene rings is 2. The SMILES string of the molecule is COc1ccc(OC)c(/C=C2\N=C(CCc3ccc(C)cc3)NC2=O)c1. The molecular weight excluding hydrogens is 328 g/mol. The Kier molecular flexibility index (Phi) is 5.37. The van der Waals surface area contributed by atoms with Crippen LogP contribution in [0.25, 0.3) is 6.08 Å². The summed E-state index contributed by atoms with van der Waals surface area (Å²) >= 11 is 0. The van der Waals surface area contributed by atoms with Gasteiger partial charge in [-0.05, 0) is 43.2 Å². The lowest BCUT2D eigenvalue weighted by atomic mass is 10.1. The van der Waals surface area contributed by atoms with Gasteiger partial charge < -0.3 is 14.8 Å². The zero-order chi connectivity index (χ0) is 18.5. The summed E-state index contributed by atoms with van der Waals surface area (Å²) in [7, 11) is 3.19. The van der Waals surface area contributed by atoms with Gasteiger partial charge in [-0.2, -0.15) is 0 Å². The van der Waals surface area contributed by atoms with Gasteiger partial charge in [0.25, 0.3) is 5.91 Å². The zero-order valence-electron chi connectivity index (χ0n) is 15.2. The first-order chi connectivity index (χ1) is 12.6. The lowest BCUT2D eigenvalue weighted by molar-refractivity contribution is -0.115. The lowest BCUT2D eigenvalue weighted by Gasteiger charge is -2.07. The second-order valence-electron chi connectivity index (χ2n) is 6.14. The summed E-state index contributed by atoms with van der Waals surface area (Å²) in [6.07, 6.45) is 3.23. The zero-order valence-corrected chi connectivity index (χ0v) is 15.2. The Hall–Kier alpha value is -3.08. The van der Waals surface area contributed by atoms with Crippen molar-refractivity contribution >= 4 is 17.8 Å². The van der Waals surface area contributed by atoms with Crippen LogP contribution in [0.3, 0.4) is 0 Å². The summed E-state index contributed by atoms with van der Waals surface area (Å²) < 4.78 is 10.6. The molecule has 1 aliphatic rings. The summed E-state index contributed by atoms with van der Waals surface area (Å²) in [5.74, 6) is 1.84. The van der Waals surface area contributed by atoms with Gasteiger partial charge in [0.2, 0.25) is 0 Å². The second-order valence-corrected chi connectivity index (χ2v) is 6.14. The van der Waals surface area contributed by atoms with E-state index < -0.39 is 0 Å². The quantitative estimate of drug-likeness (QED) is 0.811. The number of amides is 1. The minimum Gasteiger partial charge on any atom is -0.497 e. The van der Waals surface area contributed by atoms with Crippen molar-refractivity contribution in [1.29, 1.82) is 0 Å². The predicted octanol–water partition coefficient (Wildman–Crippen LogP) is 3.51. The molecule has 0 fully saturated rings. The summed E-state index contributed by atoms with van der Waals surface area (Å²) in [6.45, 7) is 2.06. The minimum atomic E-state index is -0.200. The highest BCUT2D eigenvalue weighted by molar-refractivity contribution is 6.14. The lowest BCUT2D eigenvalue weighted by Crippen LogP contribution is -2.24. The number of hydrogen-bond donors (Lipinski definition) is 1. The second kappa shape index (κ2) is 7.87. The van der Waals surface area contributed by atoms with E-state index in [4.69, 9.17) is 9.47 Å². The van der Waals surface area contributed by atoms with Crippen molar-refractivity contribution in [2.75, 3.05) is 14.2 Å². The van der Waals surface area contributed by atoms with Crippen LogP contribution in [0.2, 0.25) is 0 Å². The predicted molar refractivity (Wildman–Crippen MR) is 103 cm³/mol. The minimum absolute atomic E-state index is 0.200. The first-order valence-electron chi connectivity index (χ1n) is 8.47. The van der Waals surface area contributed by atoms with Crippen molar-refractivity contribution in [3.05, 3.63) is 64.9 Å². The van der Waals surface area contributed by atoms with Crippen LogP contribution in [0.15, 0.2) is 53.2 Å². The molecule has 1 amide bonds. The van der Waals surface area contributed by atoms with Crippen molar-refractivity contribution in [3.63, 3.8) is 0 Å². The van der Waals surface area contributed by atoms with Crippen LogP contribution >= 0.6 is 0 Å². The Labute approximate surface area is 153 Å². The molecule has 0 unspecified atom stereocenters. The van der Waals surface area contributed by atoms with Crippen LogP contribution in [-0.4, -0.2) is 26.0 Å². The van der Waals surface area contributed by atoms with Gasteiger partial charge in [0.1, 0.15) is 23.0 Å². The first kappa shape index (κ1) is 17.7. The van der Waals surface area contributed by atoms with Gasteiger partial charge in [0.15, 0.2) is 0 Å². The number of hydrogen-bond acceptors (Lipinski definition) is 4. The molecule has 2 aromatic rings. The summed E-state index contributed by atoms with van der Waals surface area (Å²) in [4.78, 5) is 16.7. The Morgan fingerprint density at radius 3 is 2.50 bits per heavy atom. The van der Waals surface area contributed by atoms with E-state index in [-0.39, 0.29) is 5.91 Å². The maximum Gasteiger partial charge on any atom is 0.275 e. The number of aryl methyl sites for hydroxylation is 2. The number of nitrogens with one attached hydrogen (secondary N) is 1. The molecule has 0 bridgehead atoms. The Balaban J connectivity index is 1.77. The van der Waals surface area contributed by atoms with Gasteiger partial charge in [-0.25, -0.2) is 4.99 Å². The molecule has 1 N–H and O–H groups in total. The molecule has 2 aromatic carbocycles. The maximum atomic E-state index is 12.2. The van der Waals surface area contributed by atoms with Gasteiger partial charge in [-0.15, -0.1) is 0 Å². The fourth-order valence-corrected chi connectivity index (χ4v) is 2.75. The molecule has 0 aliphatic carbocycles. The number of carbonyl (C=O) groups excluding carboxylic acids is 1. The molecule has 26 heavy (non-hydrogen) atoms. The van der Waals surface area contributed by atoms with Crippen LogP contribution in [0, 0.1) is 6.92 Å². The third-order valence-electron chi connectivity index (χ3n) is 4.25. The highest BCUT2D eigenvalue weighted by atomic mass is 16.5. The molecule has 0 aromatic heterocycles. The standard InChI is InChI=1S/C21H22N2O3/c1-14-4-6-15(7-5-14)8-11-20-22-18(21(24)23-20)13-16-12-17(25-2)9-10-19(16)26-3/h4-7,9-10,12-13H,8,11H2,1-3H3,(H,22,23,24)/b18-13-. The van der Waals surface area contributed by atoms with E-state index in [9.17, 15) is 4.79 Å². The number of aliphatic imine (C=N–C) groups is 1. The van der Waals surface area contributed by atoms with Crippen LogP contribution in [-0.2, 0) is 11.2 Å². The van der Waals surface area contributed by atoms with Crippen molar-refractivity contribution < 1.29 is 14.3 Å². The summed E-state index contributed by atoms with van der Waals surface area (Å²) in [6, 6.07) is 13.8. The van der Waals surface area contributed by atoms with Crippen LogP contribution in [0.5, 0.6) is 11.5 Å². The van der Waals surface area contributed by atoms with Gasteiger partial charge in [0, 0.05) is 12.0 Å². The van der Waals surface area contributed by atoms with E-state index >= 15 is 0 Å². The fraction of sp³-hybridized carbons (Fsp3) is 0.238.